The molecule has 0 unspecified atom stereocenters. The first-order valence-electron chi connectivity index (χ1n) is 10.6. The standard InChI is InChI=1S/C26H21ClN2O2/c27-21-7-9-24-22(17-21)28-25(30-24)29-14-12-26(13-15-29)11-10-20-16-19(6-8-23(20)31-26)18-4-2-1-3-5-18/h1-11,16-17H,12-15H2. The van der Waals surface area contributed by atoms with Gasteiger partial charge in [0.2, 0.25) is 0 Å². The number of piperidine rings is 1. The Morgan fingerprint density at radius 1 is 0.903 bits per heavy atom. The Kier molecular flexibility index (Phi) is 4.29. The Hall–Kier alpha value is -3.24. The number of oxazole rings is 1. The van der Waals surface area contributed by atoms with Crippen LogP contribution in [0.2, 0.25) is 5.02 Å². The molecule has 6 rings (SSSR count). The van der Waals surface area contributed by atoms with E-state index in [-0.39, 0.29) is 5.60 Å². The SMILES string of the molecule is Clc1ccc2oc(N3CCC4(C=Cc5cc(-c6ccccc6)ccc5O4)CC3)nc2c1. The van der Waals surface area contributed by atoms with Crippen LogP contribution in [0, 0.1) is 0 Å². The van der Waals surface area contributed by atoms with Crippen molar-refractivity contribution in [1.82, 2.24) is 4.98 Å². The molecule has 4 aromatic rings. The highest BCUT2D eigenvalue weighted by Crippen LogP contribution is 2.39. The Labute approximate surface area is 185 Å². The van der Waals surface area contributed by atoms with Crippen LogP contribution in [-0.4, -0.2) is 23.7 Å². The number of aromatic nitrogens is 1. The third-order valence-electron chi connectivity index (χ3n) is 6.22. The first-order chi connectivity index (χ1) is 15.2. The van der Waals surface area contributed by atoms with Crippen molar-refractivity contribution in [3.63, 3.8) is 0 Å². The van der Waals surface area contributed by atoms with Crippen molar-refractivity contribution < 1.29 is 9.15 Å². The van der Waals surface area contributed by atoms with Gasteiger partial charge in [-0.25, -0.2) is 0 Å². The Morgan fingerprint density at radius 3 is 2.58 bits per heavy atom. The Bertz CT molecular complexity index is 1290. The van der Waals surface area contributed by atoms with Crippen LogP contribution in [-0.2, 0) is 0 Å². The molecule has 0 amide bonds. The lowest BCUT2D eigenvalue weighted by Crippen LogP contribution is -2.47. The van der Waals surface area contributed by atoms with Gasteiger partial charge >= 0.3 is 0 Å². The number of halogens is 1. The molecule has 154 valence electrons. The predicted molar refractivity (Wildman–Crippen MR) is 125 cm³/mol. The van der Waals surface area contributed by atoms with E-state index in [4.69, 9.17) is 20.8 Å². The molecule has 0 atom stereocenters. The van der Waals surface area contributed by atoms with E-state index >= 15 is 0 Å². The van der Waals surface area contributed by atoms with E-state index < -0.39 is 0 Å². The Balaban J connectivity index is 1.20. The van der Waals surface area contributed by atoms with Gasteiger partial charge < -0.3 is 14.1 Å². The van der Waals surface area contributed by atoms with Gasteiger partial charge in [-0.15, -0.1) is 0 Å². The summed E-state index contributed by atoms with van der Waals surface area (Å²) in [4.78, 5) is 6.81. The van der Waals surface area contributed by atoms with Gasteiger partial charge in [0.25, 0.3) is 6.01 Å². The Morgan fingerprint density at radius 2 is 1.74 bits per heavy atom. The number of fused-ring (bicyclic) bond motifs is 2. The van der Waals surface area contributed by atoms with E-state index in [2.05, 4.69) is 64.5 Å². The lowest BCUT2D eigenvalue weighted by molar-refractivity contribution is 0.0883. The normalized spacial score (nSPS) is 17.0. The highest BCUT2D eigenvalue weighted by Gasteiger charge is 2.37. The second kappa shape index (κ2) is 7.17. The quantitative estimate of drug-likeness (QED) is 0.361. The summed E-state index contributed by atoms with van der Waals surface area (Å²) < 4.78 is 12.5. The monoisotopic (exact) mass is 428 g/mol. The molecule has 3 aromatic carbocycles. The van der Waals surface area contributed by atoms with E-state index in [1.807, 2.05) is 24.3 Å². The highest BCUT2D eigenvalue weighted by molar-refractivity contribution is 6.31. The molecule has 1 aromatic heterocycles. The van der Waals surface area contributed by atoms with Gasteiger partial charge in [0.05, 0.1) is 0 Å². The van der Waals surface area contributed by atoms with Gasteiger partial charge in [-0.05, 0) is 47.5 Å². The fourth-order valence-corrected chi connectivity index (χ4v) is 4.61. The lowest BCUT2D eigenvalue weighted by atomic mass is 9.87. The number of anilines is 1. The largest absolute Gasteiger partial charge is 0.482 e. The zero-order valence-electron chi connectivity index (χ0n) is 16.9. The summed E-state index contributed by atoms with van der Waals surface area (Å²) in [6, 6.07) is 23.0. The van der Waals surface area contributed by atoms with Crippen LogP contribution in [0.1, 0.15) is 18.4 Å². The van der Waals surface area contributed by atoms with Gasteiger partial charge in [0.1, 0.15) is 16.9 Å². The topological polar surface area (TPSA) is 38.5 Å². The second-order valence-corrected chi connectivity index (χ2v) is 8.65. The summed E-state index contributed by atoms with van der Waals surface area (Å²) in [5, 5.41) is 0.666. The molecular formula is C26H21ClN2O2. The maximum Gasteiger partial charge on any atom is 0.298 e. The van der Waals surface area contributed by atoms with Gasteiger partial charge in [-0.1, -0.05) is 54.1 Å². The third kappa shape index (κ3) is 3.37. The summed E-state index contributed by atoms with van der Waals surface area (Å²) in [5.41, 5.74) is 4.83. The van der Waals surface area contributed by atoms with Gasteiger partial charge in [0, 0.05) is 36.5 Å². The number of nitrogens with zero attached hydrogens (tertiary/aromatic N) is 2. The minimum absolute atomic E-state index is 0.271. The zero-order valence-corrected chi connectivity index (χ0v) is 17.7. The first-order valence-corrected chi connectivity index (χ1v) is 10.9. The summed E-state index contributed by atoms with van der Waals surface area (Å²) >= 11 is 6.08. The lowest BCUT2D eigenvalue weighted by Gasteiger charge is -2.41. The van der Waals surface area contributed by atoms with E-state index in [0.717, 1.165) is 48.3 Å². The maximum absolute atomic E-state index is 6.53. The van der Waals surface area contributed by atoms with E-state index in [0.29, 0.717) is 11.0 Å². The molecule has 0 bridgehead atoms. The van der Waals surface area contributed by atoms with Crippen LogP contribution in [0.4, 0.5) is 6.01 Å². The maximum atomic E-state index is 6.53. The van der Waals surface area contributed by atoms with Crippen LogP contribution in [0.15, 0.2) is 77.2 Å². The first kappa shape index (κ1) is 18.5. The minimum Gasteiger partial charge on any atom is -0.482 e. The predicted octanol–water partition coefficient (Wildman–Crippen LogP) is 6.59. The third-order valence-corrected chi connectivity index (χ3v) is 6.45. The fourth-order valence-electron chi connectivity index (χ4n) is 4.45. The molecule has 2 aliphatic rings. The van der Waals surface area contributed by atoms with Crippen LogP contribution >= 0.6 is 11.6 Å². The number of ether oxygens (including phenoxy) is 1. The van der Waals surface area contributed by atoms with Crippen LogP contribution in [0.3, 0.4) is 0 Å². The molecule has 0 aliphatic carbocycles. The van der Waals surface area contributed by atoms with Crippen LogP contribution < -0.4 is 9.64 Å². The molecule has 1 saturated heterocycles. The number of hydrogen-bond acceptors (Lipinski definition) is 4. The molecule has 4 nitrogen and oxygen atoms in total. The summed E-state index contributed by atoms with van der Waals surface area (Å²) in [5.74, 6) is 0.951. The molecule has 5 heteroatoms. The average Bonchev–Trinajstić information content (AvgIpc) is 3.23. The molecule has 31 heavy (non-hydrogen) atoms. The molecule has 0 radical (unpaired) electrons. The molecule has 1 fully saturated rings. The summed E-state index contributed by atoms with van der Waals surface area (Å²) in [7, 11) is 0. The second-order valence-electron chi connectivity index (χ2n) is 8.21. The molecule has 0 N–H and O–H groups in total. The van der Waals surface area contributed by atoms with Crippen molar-refractivity contribution in [2.24, 2.45) is 0 Å². The van der Waals surface area contributed by atoms with Crippen LogP contribution in [0.25, 0.3) is 28.3 Å². The minimum atomic E-state index is -0.271. The summed E-state index contributed by atoms with van der Waals surface area (Å²) in [6.45, 7) is 1.64. The molecule has 0 saturated carbocycles. The van der Waals surface area contributed by atoms with Crippen molar-refractivity contribution in [3.05, 3.63) is 83.4 Å². The summed E-state index contributed by atoms with van der Waals surface area (Å²) in [6.07, 6.45) is 6.20. The van der Waals surface area contributed by atoms with E-state index in [1.54, 1.807) is 0 Å². The fraction of sp³-hybridized carbons (Fsp3) is 0.192. The number of benzene rings is 3. The van der Waals surface area contributed by atoms with Crippen LogP contribution in [0.5, 0.6) is 5.75 Å². The van der Waals surface area contributed by atoms with Gasteiger partial charge in [0.15, 0.2) is 5.58 Å². The average molecular weight is 429 g/mol. The molecule has 1 spiro atoms. The van der Waals surface area contributed by atoms with Crippen molar-refractivity contribution >= 4 is 34.8 Å². The zero-order chi connectivity index (χ0) is 20.8. The molecule has 3 heterocycles. The van der Waals surface area contributed by atoms with E-state index in [9.17, 15) is 0 Å². The van der Waals surface area contributed by atoms with Crippen molar-refractivity contribution in [2.45, 2.75) is 18.4 Å². The van der Waals surface area contributed by atoms with Gasteiger partial charge in [-0.3, -0.25) is 0 Å². The highest BCUT2D eigenvalue weighted by atomic mass is 35.5. The van der Waals surface area contributed by atoms with Crippen molar-refractivity contribution in [3.8, 4) is 16.9 Å². The number of rotatable bonds is 2. The number of hydrogen-bond donors (Lipinski definition) is 0. The molecular weight excluding hydrogens is 408 g/mol. The molecule has 2 aliphatic heterocycles. The van der Waals surface area contributed by atoms with Crippen molar-refractivity contribution in [1.29, 1.82) is 0 Å². The van der Waals surface area contributed by atoms with E-state index in [1.165, 1.54) is 11.1 Å². The van der Waals surface area contributed by atoms with Crippen molar-refractivity contribution in [2.75, 3.05) is 18.0 Å². The van der Waals surface area contributed by atoms with Gasteiger partial charge in [-0.2, -0.15) is 4.98 Å². The smallest absolute Gasteiger partial charge is 0.298 e.